The second kappa shape index (κ2) is 16.1. The maximum Gasteiger partial charge on any atom is 0.0707 e. The molecule has 1 heterocycles. The summed E-state index contributed by atoms with van der Waals surface area (Å²) in [7, 11) is 0. The molecule has 0 spiro atoms. The molecule has 0 saturated carbocycles. The van der Waals surface area contributed by atoms with E-state index in [4.69, 9.17) is 0 Å². The van der Waals surface area contributed by atoms with Gasteiger partial charge in [0.2, 0.25) is 0 Å². The first-order valence-corrected chi connectivity index (χ1v) is 20.2. The van der Waals surface area contributed by atoms with Crippen LogP contribution in [0.15, 0.2) is 242 Å². The Morgan fingerprint density at radius 3 is 1.91 bits per heavy atom. The molecule has 0 N–H and O–H groups in total. The second-order valence-electron chi connectivity index (χ2n) is 14.8. The fourth-order valence-corrected chi connectivity index (χ4v) is 8.78. The van der Waals surface area contributed by atoms with Crippen LogP contribution < -0.4 is 0 Å². The van der Waals surface area contributed by atoms with Gasteiger partial charge in [0, 0.05) is 16.5 Å². The van der Waals surface area contributed by atoms with E-state index in [1.807, 2.05) is 0 Å². The largest absolute Gasteiger partial charge is 0.309 e. The molecule has 1 aliphatic rings. The van der Waals surface area contributed by atoms with Crippen LogP contribution in [0.3, 0.4) is 0 Å². The van der Waals surface area contributed by atoms with Gasteiger partial charge in [0.05, 0.1) is 16.4 Å². The number of benzene rings is 7. The molecule has 58 heavy (non-hydrogen) atoms. The monoisotopic (exact) mass is 743 g/mol. The molecule has 7 aromatic carbocycles. The fourth-order valence-electron chi connectivity index (χ4n) is 8.78. The summed E-state index contributed by atoms with van der Waals surface area (Å²) in [6.07, 6.45) is 20.0. The van der Waals surface area contributed by atoms with Gasteiger partial charge in [-0.05, 0) is 112 Å². The molecule has 1 aromatic heterocycles. The van der Waals surface area contributed by atoms with Gasteiger partial charge in [-0.3, -0.25) is 0 Å². The SMILES string of the molecule is C\C=C/C(/C=C\C(=C/C=C/C)c1cccc(-c2ccc3c(c2)c2ccccc2n3-c2ccccc2)c1)=C\C1=Cc2ccccc2C1(c1ccccc1)c1ccccc1. The molecular weight excluding hydrogens is 699 g/mol. The Morgan fingerprint density at radius 1 is 0.517 bits per heavy atom. The van der Waals surface area contributed by atoms with E-state index < -0.39 is 5.41 Å². The van der Waals surface area contributed by atoms with Crippen LogP contribution >= 0.6 is 0 Å². The number of aromatic nitrogens is 1. The Hall–Kier alpha value is -7.22. The summed E-state index contributed by atoms with van der Waals surface area (Å²) >= 11 is 0. The molecule has 0 saturated heterocycles. The summed E-state index contributed by atoms with van der Waals surface area (Å²) in [5.41, 5.74) is 15.2. The van der Waals surface area contributed by atoms with E-state index in [1.54, 1.807) is 0 Å². The van der Waals surface area contributed by atoms with Crippen LogP contribution in [0.5, 0.6) is 0 Å². The smallest absolute Gasteiger partial charge is 0.0707 e. The number of hydrogen-bond donors (Lipinski definition) is 0. The van der Waals surface area contributed by atoms with Gasteiger partial charge < -0.3 is 4.57 Å². The summed E-state index contributed by atoms with van der Waals surface area (Å²) in [6.45, 7) is 4.16. The molecule has 278 valence electrons. The number of fused-ring (bicyclic) bond motifs is 4. The van der Waals surface area contributed by atoms with E-state index in [2.05, 4.69) is 255 Å². The van der Waals surface area contributed by atoms with Crippen LogP contribution in [0.25, 0.3) is 50.3 Å². The Labute approximate surface area is 342 Å². The van der Waals surface area contributed by atoms with E-state index in [9.17, 15) is 0 Å². The zero-order chi connectivity index (χ0) is 39.3. The zero-order valence-corrected chi connectivity index (χ0v) is 33.0. The van der Waals surface area contributed by atoms with Crippen LogP contribution in [-0.2, 0) is 5.41 Å². The van der Waals surface area contributed by atoms with Gasteiger partial charge in [0.25, 0.3) is 0 Å². The summed E-state index contributed by atoms with van der Waals surface area (Å²) in [4.78, 5) is 0. The summed E-state index contributed by atoms with van der Waals surface area (Å²) in [5, 5.41) is 2.50. The highest BCUT2D eigenvalue weighted by Crippen LogP contribution is 2.52. The third kappa shape index (κ3) is 6.61. The van der Waals surface area contributed by atoms with Crippen molar-refractivity contribution < 1.29 is 0 Å². The summed E-state index contributed by atoms with van der Waals surface area (Å²) in [5.74, 6) is 0. The van der Waals surface area contributed by atoms with Gasteiger partial charge in [-0.15, -0.1) is 0 Å². The molecule has 0 bridgehead atoms. The third-order valence-corrected chi connectivity index (χ3v) is 11.3. The standard InChI is InChI=1S/C57H45N/c1-3-5-21-43(44-23-19-24-45(39-44)46-36-37-56-53(41-46)52-31-16-18-33-55(52)58(56)51-29-13-8-14-30-51)35-34-42(20-4-2)38-50-40-47-22-15-17-32-54(47)57(50,48-25-9-6-10-26-48)49-27-11-7-12-28-49/h3-41H,1-2H3/b5-3+,20-4-,35-34-,42-38+,43-21+. The maximum atomic E-state index is 2.38. The summed E-state index contributed by atoms with van der Waals surface area (Å²) in [6, 6.07) is 65.9. The van der Waals surface area contributed by atoms with Crippen molar-refractivity contribution in [2.75, 3.05) is 0 Å². The van der Waals surface area contributed by atoms with Gasteiger partial charge in [-0.25, -0.2) is 0 Å². The van der Waals surface area contributed by atoms with Gasteiger partial charge in [0.15, 0.2) is 0 Å². The lowest BCUT2D eigenvalue weighted by molar-refractivity contribution is 0.761. The first kappa shape index (κ1) is 36.4. The average molecular weight is 744 g/mol. The number of allylic oxidation sites excluding steroid dienone is 11. The van der Waals surface area contributed by atoms with Crippen molar-refractivity contribution in [1.29, 1.82) is 0 Å². The number of para-hydroxylation sites is 2. The van der Waals surface area contributed by atoms with Crippen LogP contribution in [-0.4, -0.2) is 4.57 Å². The highest BCUT2D eigenvalue weighted by atomic mass is 15.0. The predicted octanol–water partition coefficient (Wildman–Crippen LogP) is 14.9. The topological polar surface area (TPSA) is 4.93 Å². The molecule has 0 fully saturated rings. The average Bonchev–Trinajstić information content (AvgIpc) is 3.80. The Morgan fingerprint density at radius 2 is 1.17 bits per heavy atom. The van der Waals surface area contributed by atoms with Crippen molar-refractivity contribution in [2.45, 2.75) is 19.3 Å². The van der Waals surface area contributed by atoms with Crippen LogP contribution in [0.1, 0.15) is 41.7 Å². The van der Waals surface area contributed by atoms with Crippen molar-refractivity contribution in [2.24, 2.45) is 0 Å². The van der Waals surface area contributed by atoms with E-state index in [1.165, 1.54) is 66.4 Å². The van der Waals surface area contributed by atoms with Gasteiger partial charge >= 0.3 is 0 Å². The van der Waals surface area contributed by atoms with E-state index in [0.717, 1.165) is 16.7 Å². The quantitative estimate of drug-likeness (QED) is 0.123. The lowest BCUT2D eigenvalue weighted by atomic mass is 9.66. The van der Waals surface area contributed by atoms with E-state index >= 15 is 0 Å². The highest BCUT2D eigenvalue weighted by Gasteiger charge is 2.43. The fraction of sp³-hybridized carbons (Fsp3) is 0.0526. The molecule has 9 rings (SSSR count). The number of rotatable bonds is 10. The lowest BCUT2D eigenvalue weighted by Gasteiger charge is -2.35. The second-order valence-corrected chi connectivity index (χ2v) is 14.8. The van der Waals surface area contributed by atoms with Crippen molar-refractivity contribution in [3.05, 3.63) is 270 Å². The number of hydrogen-bond acceptors (Lipinski definition) is 0. The molecular formula is C57H45N. The molecule has 1 nitrogen and oxygen atoms in total. The third-order valence-electron chi connectivity index (χ3n) is 11.3. The van der Waals surface area contributed by atoms with Crippen molar-refractivity contribution in [1.82, 2.24) is 4.57 Å². The van der Waals surface area contributed by atoms with Crippen LogP contribution in [0, 0.1) is 0 Å². The first-order valence-electron chi connectivity index (χ1n) is 20.2. The first-order chi connectivity index (χ1) is 28.7. The normalized spacial score (nSPS) is 14.3. The molecule has 0 atom stereocenters. The van der Waals surface area contributed by atoms with Gasteiger partial charge in [-0.1, -0.05) is 194 Å². The predicted molar refractivity (Wildman–Crippen MR) is 248 cm³/mol. The van der Waals surface area contributed by atoms with Crippen molar-refractivity contribution in [3.63, 3.8) is 0 Å². The van der Waals surface area contributed by atoms with E-state index in [0.29, 0.717) is 0 Å². The molecule has 0 amide bonds. The Balaban J connectivity index is 1.12. The minimum atomic E-state index is -0.452. The molecule has 0 unspecified atom stereocenters. The molecule has 1 aliphatic carbocycles. The van der Waals surface area contributed by atoms with Crippen LogP contribution in [0.4, 0.5) is 0 Å². The zero-order valence-electron chi connectivity index (χ0n) is 33.0. The minimum absolute atomic E-state index is 0.452. The lowest BCUT2D eigenvalue weighted by Crippen LogP contribution is -2.29. The Bertz CT molecular complexity index is 2890. The van der Waals surface area contributed by atoms with E-state index in [-0.39, 0.29) is 0 Å². The van der Waals surface area contributed by atoms with Gasteiger partial charge in [0.1, 0.15) is 0 Å². The summed E-state index contributed by atoms with van der Waals surface area (Å²) < 4.78 is 2.37. The highest BCUT2D eigenvalue weighted by molar-refractivity contribution is 6.10. The van der Waals surface area contributed by atoms with Crippen LogP contribution in [0.2, 0.25) is 0 Å². The van der Waals surface area contributed by atoms with Gasteiger partial charge in [-0.2, -0.15) is 0 Å². The number of nitrogens with zero attached hydrogens (tertiary/aromatic N) is 1. The van der Waals surface area contributed by atoms with Crippen molar-refractivity contribution >= 4 is 33.5 Å². The minimum Gasteiger partial charge on any atom is -0.309 e. The molecule has 0 aliphatic heterocycles. The molecule has 1 heteroatoms. The maximum absolute atomic E-state index is 2.38. The molecule has 8 aromatic rings. The Kier molecular flexibility index (Phi) is 10.1. The van der Waals surface area contributed by atoms with Crippen molar-refractivity contribution in [3.8, 4) is 16.8 Å². The molecule has 0 radical (unpaired) electrons.